The Morgan fingerprint density at radius 1 is 1.45 bits per heavy atom. The topological polar surface area (TPSA) is 92.4 Å². The number of aromatic carboxylic acids is 1. The lowest BCUT2D eigenvalue weighted by Crippen LogP contribution is -1.96. The van der Waals surface area contributed by atoms with Crippen LogP contribution in [0.25, 0.3) is 12.2 Å². The number of nitrogens with zero attached hydrogens (tertiary/aromatic N) is 2. The number of thiazole rings is 1. The first-order valence-electron chi connectivity index (χ1n) is 6.19. The number of methoxy groups -OCH3 is 1. The molecule has 0 saturated carbocycles. The van der Waals surface area contributed by atoms with Gasteiger partial charge >= 0.3 is 5.97 Å². The number of ether oxygens (including phenoxy) is 2. The number of nitriles is 1. The Morgan fingerprint density at radius 2 is 2.27 bits per heavy atom. The van der Waals surface area contributed by atoms with E-state index in [2.05, 4.69) is 4.98 Å². The molecule has 22 heavy (non-hydrogen) atoms. The van der Waals surface area contributed by atoms with E-state index in [1.807, 2.05) is 6.07 Å². The zero-order valence-electron chi connectivity index (χ0n) is 11.6. The SMILES string of the molecule is COc1cc(/C=C\c2ncc(C(=O)O)s2)ccc1OCC#N. The normalized spacial score (nSPS) is 10.4. The fourth-order valence-corrected chi connectivity index (χ4v) is 2.31. The van der Waals surface area contributed by atoms with Gasteiger partial charge in [0.15, 0.2) is 18.1 Å². The van der Waals surface area contributed by atoms with Gasteiger partial charge in [0.1, 0.15) is 16.0 Å². The van der Waals surface area contributed by atoms with Gasteiger partial charge in [-0.1, -0.05) is 12.1 Å². The minimum Gasteiger partial charge on any atom is -0.493 e. The second kappa shape index (κ2) is 7.24. The molecule has 0 aliphatic heterocycles. The summed E-state index contributed by atoms with van der Waals surface area (Å²) in [6, 6.07) is 7.16. The quantitative estimate of drug-likeness (QED) is 0.881. The molecule has 112 valence electrons. The van der Waals surface area contributed by atoms with Gasteiger partial charge in [-0.2, -0.15) is 5.26 Å². The third-order valence-corrected chi connectivity index (χ3v) is 3.58. The lowest BCUT2D eigenvalue weighted by atomic mass is 10.2. The maximum absolute atomic E-state index is 10.8. The lowest BCUT2D eigenvalue weighted by molar-refractivity contribution is 0.0702. The standard InChI is InChI=1S/C15H12N2O4S/c1-20-12-8-10(2-4-11(12)21-7-6-16)3-5-14-17-9-13(22-14)15(18)19/h2-5,8-9H,7H2,1H3,(H,18,19)/b5-3-. The van der Waals surface area contributed by atoms with Crippen LogP contribution in [-0.4, -0.2) is 29.8 Å². The summed E-state index contributed by atoms with van der Waals surface area (Å²) in [6.45, 7) is -0.0529. The van der Waals surface area contributed by atoms with Gasteiger partial charge in [-0.15, -0.1) is 11.3 Å². The Balaban J connectivity index is 2.16. The Hall–Kier alpha value is -2.85. The van der Waals surface area contributed by atoms with E-state index in [0.717, 1.165) is 16.9 Å². The van der Waals surface area contributed by atoms with Crippen molar-refractivity contribution in [2.45, 2.75) is 0 Å². The third kappa shape index (κ3) is 3.84. The zero-order valence-corrected chi connectivity index (χ0v) is 12.5. The number of carboxylic acids is 1. The average Bonchev–Trinajstić information content (AvgIpc) is 3.00. The summed E-state index contributed by atoms with van der Waals surface area (Å²) in [5, 5.41) is 18.0. The highest BCUT2D eigenvalue weighted by atomic mass is 32.1. The second-order valence-electron chi connectivity index (χ2n) is 4.06. The number of hydrogen-bond donors (Lipinski definition) is 1. The molecular weight excluding hydrogens is 304 g/mol. The fourth-order valence-electron chi connectivity index (χ4n) is 1.65. The molecule has 0 amide bonds. The molecular formula is C15H12N2O4S. The Morgan fingerprint density at radius 3 is 2.91 bits per heavy atom. The van der Waals surface area contributed by atoms with Gasteiger partial charge in [0.25, 0.3) is 0 Å². The van der Waals surface area contributed by atoms with Gasteiger partial charge in [-0.05, 0) is 23.8 Å². The van der Waals surface area contributed by atoms with E-state index in [1.165, 1.54) is 13.3 Å². The number of benzene rings is 1. The van der Waals surface area contributed by atoms with Crippen LogP contribution >= 0.6 is 11.3 Å². The van der Waals surface area contributed by atoms with Crippen molar-refractivity contribution in [1.82, 2.24) is 4.98 Å². The first-order valence-corrected chi connectivity index (χ1v) is 7.00. The molecule has 0 bridgehead atoms. The Labute approximate surface area is 130 Å². The molecule has 6 nitrogen and oxygen atoms in total. The van der Waals surface area contributed by atoms with Crippen LogP contribution in [0.5, 0.6) is 11.5 Å². The van der Waals surface area contributed by atoms with E-state index < -0.39 is 5.97 Å². The van der Waals surface area contributed by atoms with Gasteiger partial charge in [0.05, 0.1) is 13.3 Å². The number of carbonyl (C=O) groups is 1. The maximum atomic E-state index is 10.8. The largest absolute Gasteiger partial charge is 0.493 e. The summed E-state index contributed by atoms with van der Waals surface area (Å²) in [7, 11) is 1.52. The van der Waals surface area contributed by atoms with E-state index in [0.29, 0.717) is 16.5 Å². The van der Waals surface area contributed by atoms with Crippen molar-refractivity contribution >= 4 is 29.5 Å². The summed E-state index contributed by atoms with van der Waals surface area (Å²) >= 11 is 1.09. The summed E-state index contributed by atoms with van der Waals surface area (Å²) in [5.74, 6) is 0.0178. The van der Waals surface area contributed by atoms with Gasteiger partial charge in [0, 0.05) is 0 Å². The zero-order chi connectivity index (χ0) is 15.9. The van der Waals surface area contributed by atoms with Crippen molar-refractivity contribution in [3.05, 3.63) is 39.8 Å². The smallest absolute Gasteiger partial charge is 0.347 e. The highest BCUT2D eigenvalue weighted by Crippen LogP contribution is 2.29. The van der Waals surface area contributed by atoms with Crippen LogP contribution in [0.2, 0.25) is 0 Å². The van der Waals surface area contributed by atoms with Crippen molar-refractivity contribution in [2.24, 2.45) is 0 Å². The maximum Gasteiger partial charge on any atom is 0.347 e. The summed E-state index contributed by atoms with van der Waals surface area (Å²) in [5.41, 5.74) is 0.841. The van der Waals surface area contributed by atoms with Crippen molar-refractivity contribution in [2.75, 3.05) is 13.7 Å². The number of rotatable bonds is 6. The van der Waals surface area contributed by atoms with Crippen LogP contribution in [0, 0.1) is 11.3 Å². The molecule has 0 fully saturated rings. The lowest BCUT2D eigenvalue weighted by Gasteiger charge is -2.08. The van der Waals surface area contributed by atoms with Crippen LogP contribution in [0.15, 0.2) is 24.4 Å². The molecule has 0 saturated heterocycles. The second-order valence-corrected chi connectivity index (χ2v) is 5.12. The van der Waals surface area contributed by atoms with Crippen LogP contribution in [0.3, 0.4) is 0 Å². The monoisotopic (exact) mass is 316 g/mol. The van der Waals surface area contributed by atoms with Crippen LogP contribution in [0.4, 0.5) is 0 Å². The van der Waals surface area contributed by atoms with Gasteiger partial charge < -0.3 is 14.6 Å². The number of carboxylic acid groups (broad SMARTS) is 1. The fraction of sp³-hybridized carbons (Fsp3) is 0.133. The van der Waals surface area contributed by atoms with E-state index in [9.17, 15) is 4.79 Å². The molecule has 1 aromatic carbocycles. The molecule has 2 rings (SSSR count). The van der Waals surface area contributed by atoms with E-state index in [1.54, 1.807) is 30.4 Å². The molecule has 1 N–H and O–H groups in total. The Bertz CT molecular complexity index is 746. The molecule has 0 aliphatic rings. The van der Waals surface area contributed by atoms with E-state index in [-0.39, 0.29) is 11.5 Å². The first-order chi connectivity index (χ1) is 10.6. The molecule has 0 spiro atoms. The number of aromatic nitrogens is 1. The van der Waals surface area contributed by atoms with Crippen molar-refractivity contribution < 1.29 is 19.4 Å². The molecule has 0 atom stereocenters. The summed E-state index contributed by atoms with van der Waals surface area (Å²) in [4.78, 5) is 15.0. The third-order valence-electron chi connectivity index (χ3n) is 2.63. The molecule has 2 aromatic rings. The van der Waals surface area contributed by atoms with E-state index >= 15 is 0 Å². The highest BCUT2D eigenvalue weighted by molar-refractivity contribution is 7.14. The minimum atomic E-state index is -0.988. The van der Waals surface area contributed by atoms with Crippen molar-refractivity contribution in [1.29, 1.82) is 5.26 Å². The van der Waals surface area contributed by atoms with Crippen LogP contribution in [-0.2, 0) is 0 Å². The number of hydrogen-bond acceptors (Lipinski definition) is 6. The van der Waals surface area contributed by atoms with Gasteiger partial charge in [-0.25, -0.2) is 9.78 Å². The van der Waals surface area contributed by atoms with E-state index in [4.69, 9.17) is 19.8 Å². The molecule has 0 radical (unpaired) electrons. The van der Waals surface area contributed by atoms with Gasteiger partial charge in [-0.3, -0.25) is 0 Å². The Kier molecular flexibility index (Phi) is 5.11. The highest BCUT2D eigenvalue weighted by Gasteiger charge is 2.07. The van der Waals surface area contributed by atoms with Crippen molar-refractivity contribution in [3.8, 4) is 17.6 Å². The predicted molar refractivity (Wildman–Crippen MR) is 82.1 cm³/mol. The van der Waals surface area contributed by atoms with Gasteiger partial charge in [0.2, 0.25) is 0 Å². The van der Waals surface area contributed by atoms with Crippen molar-refractivity contribution in [3.63, 3.8) is 0 Å². The molecule has 0 aliphatic carbocycles. The molecule has 7 heteroatoms. The average molecular weight is 316 g/mol. The minimum absolute atomic E-state index is 0.0529. The molecule has 0 unspecified atom stereocenters. The summed E-state index contributed by atoms with van der Waals surface area (Å²) < 4.78 is 10.5. The van der Waals surface area contributed by atoms with Crippen LogP contribution < -0.4 is 9.47 Å². The van der Waals surface area contributed by atoms with Crippen LogP contribution in [0.1, 0.15) is 20.2 Å². The molecule has 1 heterocycles. The summed E-state index contributed by atoms with van der Waals surface area (Å²) in [6.07, 6.45) is 4.84. The predicted octanol–water partition coefficient (Wildman–Crippen LogP) is 2.92. The first kappa shape index (κ1) is 15.5. The molecule has 1 aromatic heterocycles.